The molecule has 214 valence electrons. The fourth-order valence-electron chi connectivity index (χ4n) is 6.03. The molecular weight excluding hydrogens is 567 g/mol. The SMILES string of the molecule is CN(C)c1cccc2c(S(=O)(=O)N3C[C@@H]4C[C@H](C3)c3ccc(NS(=O)(=O)c5cccc(F)c5)c(=O)n3C4)cccc12. The lowest BCUT2D eigenvalue weighted by molar-refractivity contribution is 0.186. The number of sulfonamides is 2. The molecule has 2 aliphatic rings. The zero-order valence-corrected chi connectivity index (χ0v) is 24.1. The van der Waals surface area contributed by atoms with Crippen LogP contribution in [-0.4, -0.2) is 52.9 Å². The van der Waals surface area contributed by atoms with Gasteiger partial charge in [0.1, 0.15) is 11.5 Å². The maximum absolute atomic E-state index is 14.0. The van der Waals surface area contributed by atoms with E-state index in [9.17, 15) is 26.0 Å². The Labute approximate surface area is 237 Å². The molecule has 2 atom stereocenters. The summed E-state index contributed by atoms with van der Waals surface area (Å²) in [6.45, 7) is 0.705. The van der Waals surface area contributed by atoms with E-state index in [1.54, 1.807) is 18.2 Å². The van der Waals surface area contributed by atoms with Crippen LogP contribution in [0.25, 0.3) is 10.8 Å². The van der Waals surface area contributed by atoms with E-state index in [2.05, 4.69) is 4.72 Å². The second-order valence-corrected chi connectivity index (χ2v) is 14.4. The highest BCUT2D eigenvalue weighted by atomic mass is 32.2. The lowest BCUT2D eigenvalue weighted by atomic mass is 9.84. The number of anilines is 2. The Morgan fingerprint density at radius 2 is 1.61 bits per heavy atom. The molecule has 12 heteroatoms. The molecular formula is C29H29FN4O5S2. The van der Waals surface area contributed by atoms with Gasteiger partial charge >= 0.3 is 0 Å². The molecule has 0 aliphatic carbocycles. The third kappa shape index (κ3) is 4.79. The first-order chi connectivity index (χ1) is 19.5. The second-order valence-electron chi connectivity index (χ2n) is 10.8. The summed E-state index contributed by atoms with van der Waals surface area (Å²) in [5.74, 6) is -1.06. The smallest absolute Gasteiger partial charge is 0.275 e. The molecule has 41 heavy (non-hydrogen) atoms. The number of hydrogen-bond acceptors (Lipinski definition) is 6. The van der Waals surface area contributed by atoms with Gasteiger partial charge in [0.25, 0.3) is 15.6 Å². The normalized spacial score (nSPS) is 19.1. The summed E-state index contributed by atoms with van der Waals surface area (Å²) in [7, 11) is -4.20. The summed E-state index contributed by atoms with van der Waals surface area (Å²) < 4.78 is 72.6. The van der Waals surface area contributed by atoms with Crippen molar-refractivity contribution in [1.29, 1.82) is 0 Å². The van der Waals surface area contributed by atoms with Crippen LogP contribution in [0, 0.1) is 11.7 Å². The van der Waals surface area contributed by atoms with Gasteiger partial charge in [-0.25, -0.2) is 21.2 Å². The number of nitrogens with one attached hydrogen (secondary N) is 1. The van der Waals surface area contributed by atoms with Crippen LogP contribution in [0.1, 0.15) is 18.0 Å². The van der Waals surface area contributed by atoms with E-state index >= 15 is 0 Å². The van der Waals surface area contributed by atoms with Gasteiger partial charge in [-0.3, -0.25) is 9.52 Å². The monoisotopic (exact) mass is 596 g/mol. The molecule has 1 saturated heterocycles. The Balaban J connectivity index is 1.31. The third-order valence-electron chi connectivity index (χ3n) is 7.88. The molecule has 3 heterocycles. The van der Waals surface area contributed by atoms with Gasteiger partial charge in [0.15, 0.2) is 0 Å². The Morgan fingerprint density at radius 3 is 2.37 bits per heavy atom. The molecule has 0 radical (unpaired) electrons. The van der Waals surface area contributed by atoms with Crippen LogP contribution in [0.4, 0.5) is 15.8 Å². The summed E-state index contributed by atoms with van der Waals surface area (Å²) in [6, 6.07) is 18.5. The van der Waals surface area contributed by atoms with Crippen LogP contribution < -0.4 is 15.2 Å². The second kappa shape index (κ2) is 9.97. The molecule has 1 aromatic heterocycles. The zero-order chi connectivity index (χ0) is 29.1. The standard InChI is InChI=1S/C29H29FN4O5S2/c1-32(2)27-10-4-9-24-23(27)8-5-11-28(24)41(38,39)33-16-19-14-20(18-33)26-13-12-25(29(35)34(26)17-19)31-40(36,37)22-7-3-6-21(30)15-22/h3-13,15,19-20,31H,14,16-18H2,1-2H3/t19-,20+/m0/s1. The van der Waals surface area contributed by atoms with Gasteiger partial charge in [-0.15, -0.1) is 0 Å². The summed E-state index contributed by atoms with van der Waals surface area (Å²) in [4.78, 5) is 15.3. The highest BCUT2D eigenvalue weighted by Crippen LogP contribution is 2.39. The van der Waals surface area contributed by atoms with Gasteiger partial charge in [-0.1, -0.05) is 30.3 Å². The number of rotatable bonds is 6. The van der Waals surface area contributed by atoms with Crippen molar-refractivity contribution >= 4 is 42.2 Å². The van der Waals surface area contributed by atoms with Crippen molar-refractivity contribution in [2.75, 3.05) is 36.8 Å². The van der Waals surface area contributed by atoms with Crippen LogP contribution in [-0.2, 0) is 26.6 Å². The molecule has 2 bridgehead atoms. The minimum Gasteiger partial charge on any atom is -0.377 e. The van der Waals surface area contributed by atoms with Crippen molar-refractivity contribution in [3.63, 3.8) is 0 Å². The van der Waals surface area contributed by atoms with E-state index in [0.29, 0.717) is 11.1 Å². The molecule has 0 spiro atoms. The number of aromatic nitrogens is 1. The Kier molecular flexibility index (Phi) is 6.67. The van der Waals surface area contributed by atoms with E-state index < -0.39 is 31.4 Å². The molecule has 6 rings (SSSR count). The van der Waals surface area contributed by atoms with Crippen LogP contribution in [0.15, 0.2) is 87.4 Å². The molecule has 1 fully saturated rings. The first-order valence-electron chi connectivity index (χ1n) is 13.2. The van der Waals surface area contributed by atoms with Crippen LogP contribution in [0.2, 0.25) is 0 Å². The highest BCUT2D eigenvalue weighted by molar-refractivity contribution is 7.92. The Morgan fingerprint density at radius 1 is 0.878 bits per heavy atom. The fourth-order valence-corrected chi connectivity index (χ4v) is 8.89. The molecule has 0 amide bonds. The lowest BCUT2D eigenvalue weighted by Gasteiger charge is -2.42. The van der Waals surface area contributed by atoms with Gasteiger partial charge in [0.05, 0.1) is 9.79 Å². The molecule has 9 nitrogen and oxygen atoms in total. The third-order valence-corrected chi connectivity index (χ3v) is 11.1. The predicted molar refractivity (Wildman–Crippen MR) is 156 cm³/mol. The average molecular weight is 597 g/mol. The van der Waals surface area contributed by atoms with Gasteiger partial charge in [-0.2, -0.15) is 4.31 Å². The summed E-state index contributed by atoms with van der Waals surface area (Å²) in [6.07, 6.45) is 0.722. The maximum Gasteiger partial charge on any atom is 0.275 e. The van der Waals surface area contributed by atoms with Crippen LogP contribution in [0.3, 0.4) is 0 Å². The molecule has 4 aromatic rings. The summed E-state index contributed by atoms with van der Waals surface area (Å²) in [5, 5.41) is 1.50. The number of halogens is 1. The number of fused-ring (bicyclic) bond motifs is 5. The van der Waals surface area contributed by atoms with E-state index in [1.165, 1.54) is 27.1 Å². The minimum absolute atomic E-state index is 0.129. The van der Waals surface area contributed by atoms with Crippen molar-refractivity contribution in [3.05, 3.63) is 94.7 Å². The number of benzene rings is 3. The quantitative estimate of drug-likeness (QED) is 0.363. The van der Waals surface area contributed by atoms with Crippen molar-refractivity contribution in [2.45, 2.75) is 28.7 Å². The predicted octanol–water partition coefficient (Wildman–Crippen LogP) is 3.82. The largest absolute Gasteiger partial charge is 0.377 e. The highest BCUT2D eigenvalue weighted by Gasteiger charge is 2.40. The van der Waals surface area contributed by atoms with Crippen molar-refractivity contribution < 1.29 is 21.2 Å². The maximum atomic E-state index is 14.0. The first-order valence-corrected chi connectivity index (χ1v) is 16.1. The topological polar surface area (TPSA) is 109 Å². The molecule has 1 N–H and O–H groups in total. The van der Waals surface area contributed by atoms with Crippen molar-refractivity contribution in [2.24, 2.45) is 5.92 Å². The van der Waals surface area contributed by atoms with Crippen molar-refractivity contribution in [3.8, 4) is 0 Å². The average Bonchev–Trinajstić information content (AvgIpc) is 2.94. The van der Waals surface area contributed by atoms with E-state index in [-0.39, 0.29) is 46.9 Å². The number of nitrogens with zero attached hydrogens (tertiary/aromatic N) is 3. The van der Waals surface area contributed by atoms with Crippen LogP contribution in [0.5, 0.6) is 0 Å². The van der Waals surface area contributed by atoms with E-state index in [4.69, 9.17) is 0 Å². The Bertz CT molecular complexity index is 1960. The van der Waals surface area contributed by atoms with Crippen molar-refractivity contribution in [1.82, 2.24) is 8.87 Å². The number of pyridine rings is 1. The minimum atomic E-state index is -4.18. The van der Waals surface area contributed by atoms with Crippen LogP contribution >= 0.6 is 0 Å². The van der Waals surface area contributed by atoms with Gasteiger partial charge in [-0.05, 0) is 54.8 Å². The molecule has 3 aromatic carbocycles. The van der Waals surface area contributed by atoms with E-state index in [1.807, 2.05) is 43.3 Å². The zero-order valence-electron chi connectivity index (χ0n) is 22.5. The fraction of sp³-hybridized carbons (Fsp3) is 0.276. The summed E-state index contributed by atoms with van der Waals surface area (Å²) in [5.41, 5.74) is 0.925. The molecule has 0 saturated carbocycles. The summed E-state index contributed by atoms with van der Waals surface area (Å²) >= 11 is 0. The van der Waals surface area contributed by atoms with Gasteiger partial charge in [0, 0.05) is 61.8 Å². The lowest BCUT2D eigenvalue weighted by Crippen LogP contribution is -2.49. The number of hydrogen-bond donors (Lipinski definition) is 1. The van der Waals surface area contributed by atoms with Gasteiger partial charge < -0.3 is 9.47 Å². The Hall–Kier alpha value is -3.74. The molecule has 2 aliphatic heterocycles. The number of piperidine rings is 1. The first kappa shape index (κ1) is 27.4. The van der Waals surface area contributed by atoms with Gasteiger partial charge in [0.2, 0.25) is 10.0 Å². The molecule has 0 unspecified atom stereocenters. The van der Waals surface area contributed by atoms with E-state index in [0.717, 1.165) is 29.6 Å².